The molecular weight excluding hydrogens is 705 g/mol. The minimum absolute atomic E-state index is 0.0699. The number of aromatic nitrogens is 2. The van der Waals surface area contributed by atoms with Gasteiger partial charge in [-0.3, -0.25) is 29.3 Å². The zero-order chi connectivity index (χ0) is 40.7. The topological polar surface area (TPSA) is 118 Å². The Morgan fingerprint density at radius 1 is 1.02 bits per heavy atom. The Morgan fingerprint density at radius 2 is 1.77 bits per heavy atom. The molecule has 1 saturated heterocycles. The van der Waals surface area contributed by atoms with Crippen molar-refractivity contribution < 1.29 is 23.9 Å². The second-order valence-electron chi connectivity index (χ2n) is 16.5. The van der Waals surface area contributed by atoms with Gasteiger partial charge in [-0.2, -0.15) is 0 Å². The quantitative estimate of drug-likeness (QED) is 0.118. The van der Waals surface area contributed by atoms with Crippen LogP contribution >= 0.6 is 0 Å². The van der Waals surface area contributed by atoms with Gasteiger partial charge in [0.1, 0.15) is 6.04 Å². The van der Waals surface area contributed by atoms with Crippen LogP contribution in [-0.2, 0) is 43.2 Å². The molecule has 1 aliphatic rings. The summed E-state index contributed by atoms with van der Waals surface area (Å²) in [6.07, 6.45) is 4.51. The molecule has 5 rings (SSSR count). The zero-order valence-electron chi connectivity index (χ0n) is 35.1. The van der Waals surface area contributed by atoms with E-state index in [0.717, 1.165) is 76.0 Å². The Kier molecular flexibility index (Phi) is 14.1. The number of carbonyl (C=O) groups is 3. The van der Waals surface area contributed by atoms with Gasteiger partial charge in [0.2, 0.25) is 5.91 Å². The number of aryl methyl sites for hydroxylation is 1. The first kappa shape index (κ1) is 42.6. The number of hydrogen-bond acceptors (Lipinski definition) is 8. The predicted octanol–water partition coefficient (Wildman–Crippen LogP) is 6.97. The molecule has 2 amide bonds. The average molecular weight is 767 g/mol. The Labute approximate surface area is 333 Å². The summed E-state index contributed by atoms with van der Waals surface area (Å²) in [5, 5.41) is 5.93. The summed E-state index contributed by atoms with van der Waals surface area (Å²) in [5.74, 6) is -0.509. The highest BCUT2D eigenvalue weighted by atomic mass is 16.5. The number of carbonyl (C=O) groups excluding carboxylic acids is 3. The van der Waals surface area contributed by atoms with Gasteiger partial charge in [0.05, 0.1) is 30.1 Å². The molecule has 0 radical (unpaired) electrons. The van der Waals surface area contributed by atoms with E-state index in [9.17, 15) is 14.4 Å². The third-order valence-corrected chi connectivity index (χ3v) is 10.8. The SMILES string of the molecule is CCn1c(-c2cccnc2C(C)OC)c(CC(C)(C)COC(C)=O)c2cc(-c3cccc(CC(NC(=O)C(C(C)C)N(C)C)C(=O)N4CCCCN4)c3)ccc21. The van der Waals surface area contributed by atoms with Gasteiger partial charge in [0.25, 0.3) is 5.91 Å². The van der Waals surface area contributed by atoms with Crippen LogP contribution in [0.1, 0.15) is 84.2 Å². The summed E-state index contributed by atoms with van der Waals surface area (Å²) < 4.78 is 13.7. The number of nitrogens with one attached hydrogen (secondary N) is 2. The van der Waals surface area contributed by atoms with E-state index >= 15 is 0 Å². The molecule has 3 atom stereocenters. The number of nitrogens with zero attached hydrogens (tertiary/aromatic N) is 4. The third kappa shape index (κ3) is 9.86. The van der Waals surface area contributed by atoms with Crippen molar-refractivity contribution in [1.82, 2.24) is 30.2 Å². The maximum absolute atomic E-state index is 14.0. The molecule has 11 nitrogen and oxygen atoms in total. The number of hydrazine groups is 1. The monoisotopic (exact) mass is 766 g/mol. The summed E-state index contributed by atoms with van der Waals surface area (Å²) in [7, 11) is 5.49. The summed E-state index contributed by atoms with van der Waals surface area (Å²) >= 11 is 0. The molecule has 56 heavy (non-hydrogen) atoms. The first-order valence-corrected chi connectivity index (χ1v) is 20.0. The average Bonchev–Trinajstić information content (AvgIpc) is 3.47. The number of amides is 2. The van der Waals surface area contributed by atoms with Crippen LogP contribution in [0.2, 0.25) is 0 Å². The number of benzene rings is 2. The van der Waals surface area contributed by atoms with Gasteiger partial charge >= 0.3 is 5.97 Å². The minimum Gasteiger partial charge on any atom is -0.465 e. The van der Waals surface area contributed by atoms with Crippen molar-refractivity contribution >= 4 is 28.7 Å². The van der Waals surface area contributed by atoms with Crippen LogP contribution in [0.4, 0.5) is 0 Å². The molecule has 1 aliphatic heterocycles. The largest absolute Gasteiger partial charge is 0.465 e. The Bertz CT molecular complexity index is 1990. The fourth-order valence-corrected chi connectivity index (χ4v) is 8.07. The van der Waals surface area contributed by atoms with E-state index in [1.54, 1.807) is 18.3 Å². The Balaban J connectivity index is 1.59. The van der Waals surface area contributed by atoms with Crippen LogP contribution < -0.4 is 10.7 Å². The first-order valence-electron chi connectivity index (χ1n) is 20.0. The standard InChI is InChI=1S/C45H62N6O5/c1-11-50-39-20-19-34(26-36(39)37(27-45(6,7)28-56-31(5)52)42(50)35-18-15-21-46-40(35)30(4)55-10)33-17-14-16-32(24-33)25-38(44(54)51-23-13-12-22-47-51)48-43(53)41(29(2)3)49(8)9/h14-21,24,26,29-30,38,41,47H,11-13,22-23,25,27-28H2,1-10H3,(H,48,53). The van der Waals surface area contributed by atoms with Crippen molar-refractivity contribution in [2.75, 3.05) is 40.9 Å². The number of esters is 1. The molecule has 3 heterocycles. The molecule has 2 N–H and O–H groups in total. The van der Waals surface area contributed by atoms with E-state index in [2.05, 4.69) is 72.5 Å². The second-order valence-corrected chi connectivity index (χ2v) is 16.5. The highest BCUT2D eigenvalue weighted by Gasteiger charge is 2.33. The second kappa shape index (κ2) is 18.6. The molecule has 2 aromatic carbocycles. The Hall–Kier alpha value is -4.58. The van der Waals surface area contributed by atoms with E-state index in [1.165, 1.54) is 6.92 Å². The molecule has 11 heteroatoms. The number of pyridine rings is 1. The van der Waals surface area contributed by atoms with Crippen molar-refractivity contribution in [2.24, 2.45) is 11.3 Å². The van der Waals surface area contributed by atoms with Gasteiger partial charge in [-0.1, -0.05) is 58.0 Å². The number of ether oxygens (including phenoxy) is 2. The lowest BCUT2D eigenvalue weighted by Gasteiger charge is -2.33. The van der Waals surface area contributed by atoms with Gasteiger partial charge in [0.15, 0.2) is 0 Å². The van der Waals surface area contributed by atoms with Crippen molar-refractivity contribution in [1.29, 1.82) is 0 Å². The lowest BCUT2D eigenvalue weighted by Crippen LogP contribution is -2.58. The number of likely N-dealkylation sites (N-methyl/N-ethyl adjacent to an activating group) is 1. The molecule has 0 spiro atoms. The number of hydrogen-bond donors (Lipinski definition) is 2. The van der Waals surface area contributed by atoms with E-state index in [-0.39, 0.29) is 47.9 Å². The molecule has 4 aromatic rings. The first-order chi connectivity index (χ1) is 26.6. The molecule has 0 aliphatic carbocycles. The molecule has 0 saturated carbocycles. The van der Waals surface area contributed by atoms with Gasteiger partial charge in [0, 0.05) is 68.2 Å². The molecular formula is C45H62N6O5. The molecule has 3 unspecified atom stereocenters. The van der Waals surface area contributed by atoms with E-state index in [0.29, 0.717) is 19.4 Å². The molecule has 302 valence electrons. The van der Waals surface area contributed by atoms with Crippen LogP contribution in [-0.4, -0.2) is 90.2 Å². The summed E-state index contributed by atoms with van der Waals surface area (Å²) in [6, 6.07) is 17.8. The summed E-state index contributed by atoms with van der Waals surface area (Å²) in [6.45, 7) is 16.3. The van der Waals surface area contributed by atoms with Gasteiger partial charge < -0.3 is 19.4 Å². The molecule has 2 aromatic heterocycles. The highest BCUT2D eigenvalue weighted by molar-refractivity contribution is 5.95. The van der Waals surface area contributed by atoms with Crippen LogP contribution in [0.15, 0.2) is 60.8 Å². The molecule has 0 bridgehead atoms. The van der Waals surface area contributed by atoms with Crippen molar-refractivity contribution in [2.45, 2.75) is 98.9 Å². The predicted molar refractivity (Wildman–Crippen MR) is 223 cm³/mol. The lowest BCUT2D eigenvalue weighted by atomic mass is 9.84. The highest BCUT2D eigenvalue weighted by Crippen LogP contribution is 2.41. The molecule has 1 fully saturated rings. The minimum atomic E-state index is -0.734. The fraction of sp³-hybridized carbons (Fsp3) is 0.511. The summed E-state index contributed by atoms with van der Waals surface area (Å²) in [5.41, 5.74) is 11.1. The zero-order valence-corrected chi connectivity index (χ0v) is 35.1. The number of fused-ring (bicyclic) bond motifs is 1. The van der Waals surface area contributed by atoms with E-state index < -0.39 is 6.04 Å². The van der Waals surface area contributed by atoms with Crippen LogP contribution in [0.3, 0.4) is 0 Å². The number of methoxy groups -OCH3 is 1. The number of rotatable bonds is 16. The van der Waals surface area contributed by atoms with E-state index in [1.807, 2.05) is 58.0 Å². The van der Waals surface area contributed by atoms with Crippen molar-refractivity contribution in [3.8, 4) is 22.4 Å². The van der Waals surface area contributed by atoms with E-state index in [4.69, 9.17) is 14.5 Å². The maximum atomic E-state index is 14.0. The van der Waals surface area contributed by atoms with Crippen molar-refractivity contribution in [3.63, 3.8) is 0 Å². The Morgan fingerprint density at radius 3 is 2.41 bits per heavy atom. The van der Waals surface area contributed by atoms with Crippen LogP contribution in [0.5, 0.6) is 0 Å². The van der Waals surface area contributed by atoms with Gasteiger partial charge in [-0.25, -0.2) is 5.43 Å². The fourth-order valence-electron chi connectivity index (χ4n) is 8.07. The van der Waals surface area contributed by atoms with Crippen LogP contribution in [0.25, 0.3) is 33.3 Å². The lowest BCUT2D eigenvalue weighted by molar-refractivity contribution is -0.144. The summed E-state index contributed by atoms with van der Waals surface area (Å²) in [4.78, 5) is 46.3. The van der Waals surface area contributed by atoms with Crippen LogP contribution in [0, 0.1) is 11.3 Å². The smallest absolute Gasteiger partial charge is 0.302 e. The van der Waals surface area contributed by atoms with Crippen molar-refractivity contribution in [3.05, 3.63) is 77.6 Å². The maximum Gasteiger partial charge on any atom is 0.302 e. The normalized spacial score (nSPS) is 15.2. The van der Waals surface area contributed by atoms with Gasteiger partial charge in [-0.15, -0.1) is 0 Å². The third-order valence-electron chi connectivity index (χ3n) is 10.8. The van der Waals surface area contributed by atoms with Gasteiger partial charge in [-0.05, 0) is 99.6 Å².